The third-order valence-electron chi connectivity index (χ3n) is 1.25. The van der Waals surface area contributed by atoms with E-state index in [1.807, 2.05) is 0 Å². The van der Waals surface area contributed by atoms with Crippen molar-refractivity contribution in [3.63, 3.8) is 0 Å². The third kappa shape index (κ3) is 1.34. The molecule has 0 radical (unpaired) electrons. The third-order valence-corrected chi connectivity index (χ3v) is 2.64. The minimum absolute atomic E-state index is 0.352. The molecule has 0 amide bonds. The molecule has 1 rings (SSSR count). The Hall–Kier alpha value is 0.210. The summed E-state index contributed by atoms with van der Waals surface area (Å²) in [4.78, 5) is 0. The number of hydrogen-bond donors (Lipinski definition) is 0. The molecule has 0 bridgehead atoms. The fourth-order valence-electron chi connectivity index (χ4n) is 0.801. The summed E-state index contributed by atoms with van der Waals surface area (Å²) in [6.45, 7) is 0. The van der Waals surface area contributed by atoms with Gasteiger partial charge in [-0.3, -0.25) is 0 Å². The Balaban J connectivity index is 2.24. The average Bonchev–Trinajstić information content (AvgIpc) is 2.12. The first-order valence-corrected chi connectivity index (χ1v) is 3.75. The molecule has 1 aliphatic rings. The molecule has 1 aliphatic heterocycles. The van der Waals surface area contributed by atoms with E-state index in [0.717, 1.165) is 12.2 Å². The standard InChI is InChI=1S/C5H8F2S/c6-5(7)4-2-1-3-8-4/h4-5H,1-3H2. The number of halogens is 2. The smallest absolute Gasteiger partial charge is 0.209 e. The summed E-state index contributed by atoms with van der Waals surface area (Å²) in [5.41, 5.74) is 0. The highest BCUT2D eigenvalue weighted by Crippen LogP contribution is 2.30. The van der Waals surface area contributed by atoms with Gasteiger partial charge in [0, 0.05) is 0 Å². The van der Waals surface area contributed by atoms with Crippen LogP contribution in [-0.2, 0) is 0 Å². The van der Waals surface area contributed by atoms with E-state index in [9.17, 15) is 8.78 Å². The highest BCUT2D eigenvalue weighted by Gasteiger charge is 2.24. The predicted molar refractivity (Wildman–Crippen MR) is 31.5 cm³/mol. The van der Waals surface area contributed by atoms with Gasteiger partial charge in [0.15, 0.2) is 0 Å². The van der Waals surface area contributed by atoms with Crippen molar-refractivity contribution in [2.45, 2.75) is 24.5 Å². The monoisotopic (exact) mass is 138 g/mol. The molecular weight excluding hydrogens is 130 g/mol. The summed E-state index contributed by atoms with van der Waals surface area (Å²) in [6, 6.07) is 0. The van der Waals surface area contributed by atoms with Crippen LogP contribution in [0.3, 0.4) is 0 Å². The van der Waals surface area contributed by atoms with E-state index >= 15 is 0 Å². The molecule has 0 spiro atoms. The molecule has 0 aromatic heterocycles. The SMILES string of the molecule is FC(F)C1CCCS1. The van der Waals surface area contributed by atoms with E-state index in [2.05, 4.69) is 0 Å². The maximum atomic E-state index is 11.7. The van der Waals surface area contributed by atoms with Crippen LogP contribution in [0.1, 0.15) is 12.8 Å². The molecule has 1 fully saturated rings. The van der Waals surface area contributed by atoms with Gasteiger partial charge >= 0.3 is 0 Å². The molecule has 0 N–H and O–H groups in total. The molecule has 0 nitrogen and oxygen atoms in total. The molecule has 3 heteroatoms. The van der Waals surface area contributed by atoms with Crippen LogP contribution in [0, 0.1) is 0 Å². The molecule has 0 saturated carbocycles. The zero-order valence-corrected chi connectivity index (χ0v) is 5.26. The molecule has 1 heterocycles. The largest absolute Gasteiger partial charge is 0.250 e. The Kier molecular flexibility index (Phi) is 2.11. The molecule has 0 aliphatic carbocycles. The van der Waals surface area contributed by atoms with Crippen LogP contribution >= 0.6 is 11.8 Å². The first kappa shape index (κ1) is 6.33. The molecule has 0 aromatic carbocycles. The highest BCUT2D eigenvalue weighted by molar-refractivity contribution is 8.00. The van der Waals surface area contributed by atoms with Gasteiger partial charge in [-0.2, -0.15) is 11.8 Å². The van der Waals surface area contributed by atoms with Crippen molar-refractivity contribution >= 4 is 11.8 Å². The number of alkyl halides is 2. The summed E-state index contributed by atoms with van der Waals surface area (Å²) < 4.78 is 23.4. The molecule has 48 valence electrons. The maximum absolute atomic E-state index is 11.7. The molecule has 0 aromatic rings. The van der Waals surface area contributed by atoms with Gasteiger partial charge in [0.2, 0.25) is 6.43 Å². The number of thioether (sulfide) groups is 1. The van der Waals surface area contributed by atoms with Crippen LogP contribution in [0.2, 0.25) is 0 Å². The van der Waals surface area contributed by atoms with Crippen LogP contribution in [-0.4, -0.2) is 17.4 Å². The Morgan fingerprint density at radius 3 is 2.50 bits per heavy atom. The second kappa shape index (κ2) is 2.67. The zero-order valence-electron chi connectivity index (χ0n) is 4.44. The van der Waals surface area contributed by atoms with Crippen molar-refractivity contribution in [2.75, 3.05) is 5.75 Å². The van der Waals surface area contributed by atoms with Gasteiger partial charge in [-0.05, 0) is 18.6 Å². The van der Waals surface area contributed by atoms with Gasteiger partial charge < -0.3 is 0 Å². The van der Waals surface area contributed by atoms with Crippen molar-refractivity contribution in [1.82, 2.24) is 0 Å². The van der Waals surface area contributed by atoms with E-state index in [-0.39, 0.29) is 5.25 Å². The molecular formula is C5H8F2S. The molecule has 1 atom stereocenters. The first-order valence-electron chi connectivity index (χ1n) is 2.70. The summed E-state index contributed by atoms with van der Waals surface area (Å²) in [5, 5.41) is -0.352. The van der Waals surface area contributed by atoms with Crippen molar-refractivity contribution in [3.8, 4) is 0 Å². The van der Waals surface area contributed by atoms with Crippen LogP contribution in [0.25, 0.3) is 0 Å². The van der Waals surface area contributed by atoms with Gasteiger partial charge in [0.05, 0.1) is 5.25 Å². The van der Waals surface area contributed by atoms with Gasteiger partial charge in [-0.25, -0.2) is 8.78 Å². The van der Waals surface area contributed by atoms with Gasteiger partial charge in [0.1, 0.15) is 0 Å². The van der Waals surface area contributed by atoms with Gasteiger partial charge in [-0.1, -0.05) is 0 Å². The van der Waals surface area contributed by atoms with Crippen LogP contribution in [0.4, 0.5) is 8.78 Å². The minimum Gasteiger partial charge on any atom is -0.209 e. The van der Waals surface area contributed by atoms with Crippen molar-refractivity contribution in [3.05, 3.63) is 0 Å². The van der Waals surface area contributed by atoms with E-state index in [4.69, 9.17) is 0 Å². The Morgan fingerprint density at radius 2 is 2.25 bits per heavy atom. The normalized spacial score (nSPS) is 29.6. The van der Waals surface area contributed by atoms with Crippen LogP contribution < -0.4 is 0 Å². The second-order valence-corrected chi connectivity index (χ2v) is 3.23. The fraction of sp³-hybridized carbons (Fsp3) is 1.00. The lowest BCUT2D eigenvalue weighted by Gasteiger charge is -2.03. The predicted octanol–water partition coefficient (Wildman–Crippen LogP) is 2.15. The zero-order chi connectivity index (χ0) is 5.98. The van der Waals surface area contributed by atoms with Crippen molar-refractivity contribution < 1.29 is 8.78 Å². The summed E-state index contributed by atoms with van der Waals surface area (Å²) in [6.07, 6.45) is -0.412. The maximum Gasteiger partial charge on any atom is 0.250 e. The molecule has 8 heavy (non-hydrogen) atoms. The quantitative estimate of drug-likeness (QED) is 0.535. The molecule has 1 unspecified atom stereocenters. The second-order valence-electron chi connectivity index (χ2n) is 1.89. The summed E-state index contributed by atoms with van der Waals surface area (Å²) in [5.74, 6) is 0.926. The lowest BCUT2D eigenvalue weighted by atomic mass is 10.3. The van der Waals surface area contributed by atoms with Gasteiger partial charge in [-0.15, -0.1) is 0 Å². The topological polar surface area (TPSA) is 0 Å². The summed E-state index contributed by atoms with van der Waals surface area (Å²) in [7, 11) is 0. The number of rotatable bonds is 1. The van der Waals surface area contributed by atoms with E-state index in [0.29, 0.717) is 6.42 Å². The lowest BCUT2D eigenvalue weighted by Crippen LogP contribution is -2.08. The van der Waals surface area contributed by atoms with Crippen LogP contribution in [0.15, 0.2) is 0 Å². The lowest BCUT2D eigenvalue weighted by molar-refractivity contribution is 0.144. The van der Waals surface area contributed by atoms with E-state index in [1.165, 1.54) is 11.8 Å². The Labute approximate surface area is 51.6 Å². The minimum atomic E-state index is -2.09. The Bertz CT molecular complexity index is 68.8. The van der Waals surface area contributed by atoms with E-state index < -0.39 is 6.43 Å². The van der Waals surface area contributed by atoms with Crippen LogP contribution in [0.5, 0.6) is 0 Å². The fourth-order valence-corrected chi connectivity index (χ4v) is 1.92. The summed E-state index contributed by atoms with van der Waals surface area (Å²) >= 11 is 1.40. The highest BCUT2D eigenvalue weighted by atomic mass is 32.2. The first-order chi connectivity index (χ1) is 3.80. The van der Waals surface area contributed by atoms with Crippen molar-refractivity contribution in [2.24, 2.45) is 0 Å². The van der Waals surface area contributed by atoms with Gasteiger partial charge in [0.25, 0.3) is 0 Å². The van der Waals surface area contributed by atoms with Crippen molar-refractivity contribution in [1.29, 1.82) is 0 Å². The Morgan fingerprint density at radius 1 is 1.50 bits per heavy atom. The van der Waals surface area contributed by atoms with E-state index in [1.54, 1.807) is 0 Å². The number of hydrogen-bond acceptors (Lipinski definition) is 1. The molecule has 1 saturated heterocycles. The average molecular weight is 138 g/mol.